The van der Waals surface area contributed by atoms with Gasteiger partial charge in [-0.2, -0.15) is 5.10 Å². The lowest BCUT2D eigenvalue weighted by atomic mass is 10.1. The smallest absolute Gasteiger partial charge is 0.253 e. The zero-order chi connectivity index (χ0) is 14.5. The highest BCUT2D eigenvalue weighted by molar-refractivity contribution is 6.31. The molecule has 0 fully saturated rings. The third-order valence-electron chi connectivity index (χ3n) is 2.97. The molecule has 0 bridgehead atoms. The topological polar surface area (TPSA) is 85.0 Å². The van der Waals surface area contributed by atoms with Gasteiger partial charge in [-0.25, -0.2) is 0 Å². The second-order valence-electron chi connectivity index (χ2n) is 4.29. The SMILES string of the molecule is Cn1nccc1CCNC(=O)c1cc(Cl)ccc1NN. The summed E-state index contributed by atoms with van der Waals surface area (Å²) in [6, 6.07) is 6.83. The Kier molecular flexibility index (Phi) is 4.60. The summed E-state index contributed by atoms with van der Waals surface area (Å²) in [5.41, 5.74) is 4.49. The van der Waals surface area contributed by atoms with Crippen LogP contribution in [0.2, 0.25) is 5.02 Å². The highest BCUT2D eigenvalue weighted by atomic mass is 35.5. The molecule has 2 aromatic rings. The van der Waals surface area contributed by atoms with Crippen molar-refractivity contribution in [2.24, 2.45) is 12.9 Å². The Hall–Kier alpha value is -2.05. The summed E-state index contributed by atoms with van der Waals surface area (Å²) < 4.78 is 1.78. The molecule has 1 aromatic carbocycles. The van der Waals surface area contributed by atoms with Crippen LogP contribution in [-0.2, 0) is 13.5 Å². The number of hydrazine groups is 1. The molecular formula is C13H16ClN5O. The minimum absolute atomic E-state index is 0.220. The van der Waals surface area contributed by atoms with Gasteiger partial charge >= 0.3 is 0 Å². The fourth-order valence-corrected chi connectivity index (χ4v) is 2.05. The molecule has 1 aromatic heterocycles. The van der Waals surface area contributed by atoms with E-state index in [4.69, 9.17) is 17.4 Å². The van der Waals surface area contributed by atoms with E-state index in [0.717, 1.165) is 5.69 Å². The molecule has 0 aliphatic rings. The van der Waals surface area contributed by atoms with E-state index in [1.807, 2.05) is 13.1 Å². The zero-order valence-electron chi connectivity index (χ0n) is 11.1. The first-order valence-electron chi connectivity index (χ1n) is 6.13. The highest BCUT2D eigenvalue weighted by Crippen LogP contribution is 2.19. The Morgan fingerprint density at radius 3 is 2.90 bits per heavy atom. The Morgan fingerprint density at radius 2 is 2.25 bits per heavy atom. The van der Waals surface area contributed by atoms with Gasteiger partial charge < -0.3 is 10.7 Å². The van der Waals surface area contributed by atoms with Gasteiger partial charge in [-0.05, 0) is 24.3 Å². The van der Waals surface area contributed by atoms with E-state index in [9.17, 15) is 4.79 Å². The number of amides is 1. The molecule has 0 radical (unpaired) electrons. The minimum atomic E-state index is -0.220. The maximum Gasteiger partial charge on any atom is 0.253 e. The molecule has 0 unspecified atom stereocenters. The maximum absolute atomic E-state index is 12.1. The number of nitrogens with zero attached hydrogens (tertiary/aromatic N) is 2. The molecule has 0 saturated carbocycles. The number of nitrogens with two attached hydrogens (primary N) is 1. The Morgan fingerprint density at radius 1 is 1.45 bits per heavy atom. The first kappa shape index (κ1) is 14.4. The summed E-state index contributed by atoms with van der Waals surface area (Å²) in [5, 5.41) is 7.39. The van der Waals surface area contributed by atoms with Crippen LogP contribution < -0.4 is 16.6 Å². The molecule has 106 valence electrons. The molecule has 4 N–H and O–H groups in total. The van der Waals surface area contributed by atoms with E-state index in [1.165, 1.54) is 0 Å². The Balaban J connectivity index is 1.98. The Labute approximate surface area is 121 Å². The third-order valence-corrected chi connectivity index (χ3v) is 3.21. The fourth-order valence-electron chi connectivity index (χ4n) is 1.88. The van der Waals surface area contributed by atoms with Crippen LogP contribution >= 0.6 is 11.6 Å². The van der Waals surface area contributed by atoms with Gasteiger partial charge in [-0.1, -0.05) is 11.6 Å². The van der Waals surface area contributed by atoms with Gasteiger partial charge in [0.2, 0.25) is 0 Å². The quantitative estimate of drug-likeness (QED) is 0.573. The molecule has 6 nitrogen and oxygen atoms in total. The molecular weight excluding hydrogens is 278 g/mol. The summed E-state index contributed by atoms with van der Waals surface area (Å²) in [7, 11) is 1.87. The number of nitrogen functional groups attached to an aromatic ring is 1. The fraction of sp³-hybridized carbons (Fsp3) is 0.231. The van der Waals surface area contributed by atoms with Gasteiger partial charge in [-0.3, -0.25) is 15.3 Å². The van der Waals surface area contributed by atoms with E-state index in [2.05, 4.69) is 15.8 Å². The van der Waals surface area contributed by atoms with Crippen LogP contribution in [-0.4, -0.2) is 22.2 Å². The average molecular weight is 294 g/mol. The van der Waals surface area contributed by atoms with Gasteiger partial charge in [0.1, 0.15) is 0 Å². The van der Waals surface area contributed by atoms with E-state index in [1.54, 1.807) is 29.1 Å². The summed E-state index contributed by atoms with van der Waals surface area (Å²) in [6.07, 6.45) is 2.43. The van der Waals surface area contributed by atoms with Crippen LogP contribution in [0.4, 0.5) is 5.69 Å². The minimum Gasteiger partial charge on any atom is -0.352 e. The zero-order valence-corrected chi connectivity index (χ0v) is 11.8. The van der Waals surface area contributed by atoms with Crippen molar-refractivity contribution in [3.8, 4) is 0 Å². The molecule has 20 heavy (non-hydrogen) atoms. The van der Waals surface area contributed by atoms with Crippen molar-refractivity contribution < 1.29 is 4.79 Å². The number of benzene rings is 1. The number of carbonyl (C=O) groups excluding carboxylic acids is 1. The number of carbonyl (C=O) groups is 1. The lowest BCUT2D eigenvalue weighted by Crippen LogP contribution is -2.27. The van der Waals surface area contributed by atoms with Crippen molar-refractivity contribution in [3.63, 3.8) is 0 Å². The van der Waals surface area contributed by atoms with Gasteiger partial charge in [0, 0.05) is 36.9 Å². The average Bonchev–Trinajstić information content (AvgIpc) is 2.84. The van der Waals surface area contributed by atoms with Crippen molar-refractivity contribution in [3.05, 3.63) is 46.7 Å². The predicted octanol–water partition coefficient (Wildman–Crippen LogP) is 1.33. The molecule has 1 amide bonds. The van der Waals surface area contributed by atoms with Crippen LogP contribution in [0.1, 0.15) is 16.1 Å². The second-order valence-corrected chi connectivity index (χ2v) is 4.72. The summed E-state index contributed by atoms with van der Waals surface area (Å²) in [6.45, 7) is 0.509. The van der Waals surface area contributed by atoms with E-state index in [0.29, 0.717) is 29.2 Å². The first-order chi connectivity index (χ1) is 9.61. The normalized spacial score (nSPS) is 10.3. The monoisotopic (exact) mass is 293 g/mol. The first-order valence-corrected chi connectivity index (χ1v) is 6.51. The van der Waals surface area contributed by atoms with Gasteiger partial charge in [0.15, 0.2) is 0 Å². The molecule has 0 aliphatic carbocycles. The van der Waals surface area contributed by atoms with Gasteiger partial charge in [0.05, 0.1) is 11.3 Å². The Bertz CT molecular complexity index is 611. The molecule has 0 aliphatic heterocycles. The summed E-state index contributed by atoms with van der Waals surface area (Å²) >= 11 is 5.89. The third kappa shape index (κ3) is 3.28. The number of rotatable bonds is 5. The van der Waals surface area contributed by atoms with Crippen LogP contribution in [0.3, 0.4) is 0 Å². The van der Waals surface area contributed by atoms with Crippen molar-refractivity contribution in [1.82, 2.24) is 15.1 Å². The van der Waals surface area contributed by atoms with Crippen LogP contribution in [0.15, 0.2) is 30.5 Å². The summed E-state index contributed by atoms with van der Waals surface area (Å²) in [5.74, 6) is 5.16. The summed E-state index contributed by atoms with van der Waals surface area (Å²) in [4.78, 5) is 12.1. The number of halogens is 1. The molecule has 1 heterocycles. The molecule has 0 atom stereocenters. The molecule has 7 heteroatoms. The maximum atomic E-state index is 12.1. The number of hydrogen-bond donors (Lipinski definition) is 3. The van der Waals surface area contributed by atoms with Crippen LogP contribution in [0.5, 0.6) is 0 Å². The predicted molar refractivity (Wildman–Crippen MR) is 78.5 cm³/mol. The number of nitrogens with one attached hydrogen (secondary N) is 2. The number of anilines is 1. The molecule has 0 spiro atoms. The van der Waals surface area contributed by atoms with Crippen LogP contribution in [0, 0.1) is 0 Å². The van der Waals surface area contributed by atoms with Crippen molar-refractivity contribution in [1.29, 1.82) is 0 Å². The van der Waals surface area contributed by atoms with E-state index < -0.39 is 0 Å². The van der Waals surface area contributed by atoms with Gasteiger partial charge in [0.25, 0.3) is 5.91 Å². The largest absolute Gasteiger partial charge is 0.352 e. The van der Waals surface area contributed by atoms with Crippen molar-refractivity contribution in [2.45, 2.75) is 6.42 Å². The number of aromatic nitrogens is 2. The van der Waals surface area contributed by atoms with E-state index >= 15 is 0 Å². The second kappa shape index (κ2) is 6.40. The van der Waals surface area contributed by atoms with Crippen molar-refractivity contribution in [2.75, 3.05) is 12.0 Å². The lowest BCUT2D eigenvalue weighted by molar-refractivity contribution is 0.0954. The molecule has 0 saturated heterocycles. The molecule has 2 rings (SSSR count). The highest BCUT2D eigenvalue weighted by Gasteiger charge is 2.11. The van der Waals surface area contributed by atoms with Crippen LogP contribution in [0.25, 0.3) is 0 Å². The lowest BCUT2D eigenvalue weighted by Gasteiger charge is -2.10. The number of hydrogen-bond acceptors (Lipinski definition) is 4. The number of aryl methyl sites for hydroxylation is 1. The van der Waals surface area contributed by atoms with E-state index in [-0.39, 0.29) is 5.91 Å². The van der Waals surface area contributed by atoms with Crippen molar-refractivity contribution >= 4 is 23.2 Å². The van der Waals surface area contributed by atoms with Gasteiger partial charge in [-0.15, -0.1) is 0 Å². The standard InChI is InChI=1S/C13H16ClN5O/c1-19-10(5-7-17-19)4-6-16-13(20)11-8-9(14)2-3-12(11)18-15/h2-3,5,7-8,18H,4,6,15H2,1H3,(H,16,20).